The summed E-state index contributed by atoms with van der Waals surface area (Å²) >= 11 is 6.40. The molecule has 176 valence electrons. The van der Waals surface area contributed by atoms with Gasteiger partial charge >= 0.3 is 0 Å². The van der Waals surface area contributed by atoms with Crippen molar-refractivity contribution in [2.24, 2.45) is 0 Å². The van der Waals surface area contributed by atoms with Gasteiger partial charge in [-0.25, -0.2) is 13.2 Å². The Morgan fingerprint density at radius 2 is 1.79 bits per heavy atom. The van der Waals surface area contributed by atoms with Crippen LogP contribution in [0.4, 0.5) is 18.9 Å². The quantitative estimate of drug-likeness (QED) is 0.504. The van der Waals surface area contributed by atoms with Crippen LogP contribution in [0.25, 0.3) is 0 Å². The lowest BCUT2D eigenvalue weighted by atomic mass is 9.87. The molecule has 2 aromatic carbocycles. The van der Waals surface area contributed by atoms with Gasteiger partial charge < -0.3 is 5.32 Å². The molecule has 0 spiro atoms. The van der Waals surface area contributed by atoms with Crippen LogP contribution >= 0.6 is 11.6 Å². The molecule has 2 amide bonds. The molecule has 0 radical (unpaired) electrons. The van der Waals surface area contributed by atoms with Gasteiger partial charge in [-0.2, -0.15) is 0 Å². The smallest absolute Gasteiger partial charge is 0.252 e. The number of hydrogen-bond donors (Lipinski definition) is 1. The van der Waals surface area contributed by atoms with Crippen LogP contribution in [0.1, 0.15) is 30.0 Å². The number of amides is 2. The summed E-state index contributed by atoms with van der Waals surface area (Å²) in [5, 5.41) is 2.81. The summed E-state index contributed by atoms with van der Waals surface area (Å²) in [4.78, 5) is 32.1. The lowest BCUT2D eigenvalue weighted by Gasteiger charge is -2.38. The summed E-state index contributed by atoms with van der Waals surface area (Å²) in [6, 6.07) is 13.0. The van der Waals surface area contributed by atoms with Crippen molar-refractivity contribution in [3.8, 4) is 0 Å². The van der Waals surface area contributed by atoms with E-state index < -0.39 is 48.5 Å². The van der Waals surface area contributed by atoms with Gasteiger partial charge in [-0.3, -0.25) is 19.5 Å². The van der Waals surface area contributed by atoms with E-state index in [4.69, 9.17) is 11.6 Å². The van der Waals surface area contributed by atoms with Crippen molar-refractivity contribution < 1.29 is 22.8 Å². The van der Waals surface area contributed by atoms with Gasteiger partial charge in [0.05, 0.1) is 6.42 Å². The lowest BCUT2D eigenvalue weighted by Crippen LogP contribution is -2.54. The first kappa shape index (κ1) is 23.8. The Hall–Kier alpha value is -3.39. The maximum absolute atomic E-state index is 14.2. The number of nitrogens with zero attached hydrogens (tertiary/aromatic N) is 2. The van der Waals surface area contributed by atoms with Crippen LogP contribution in [-0.2, 0) is 16.0 Å². The molecule has 0 saturated heterocycles. The number of rotatable bonds is 7. The predicted molar refractivity (Wildman–Crippen MR) is 122 cm³/mol. The third-order valence-electron chi connectivity index (χ3n) is 5.60. The van der Waals surface area contributed by atoms with Crippen LogP contribution in [0.3, 0.4) is 0 Å². The normalized spacial score (nSPS) is 15.8. The molecule has 1 aliphatic rings. The van der Waals surface area contributed by atoms with Crippen molar-refractivity contribution in [2.45, 2.75) is 37.3 Å². The van der Waals surface area contributed by atoms with Crippen LogP contribution < -0.4 is 10.2 Å². The largest absolute Gasteiger partial charge is 0.351 e. The van der Waals surface area contributed by atoms with E-state index in [1.807, 2.05) is 0 Å². The van der Waals surface area contributed by atoms with Gasteiger partial charge in [-0.1, -0.05) is 35.9 Å². The topological polar surface area (TPSA) is 62.3 Å². The molecule has 3 aromatic rings. The molecule has 1 aliphatic carbocycles. The average molecular weight is 488 g/mol. The number of anilines is 1. The van der Waals surface area contributed by atoms with Crippen molar-refractivity contribution in [2.75, 3.05) is 4.90 Å². The highest BCUT2D eigenvalue weighted by Crippen LogP contribution is 2.39. The van der Waals surface area contributed by atoms with E-state index in [1.165, 1.54) is 30.6 Å². The highest BCUT2D eigenvalue weighted by atomic mass is 35.5. The van der Waals surface area contributed by atoms with Gasteiger partial charge in [0.15, 0.2) is 0 Å². The highest BCUT2D eigenvalue weighted by molar-refractivity contribution is 6.31. The number of nitrogens with one attached hydrogen (secondary N) is 1. The Bertz CT molecular complexity index is 1180. The predicted octanol–water partition coefficient (Wildman–Crippen LogP) is 5.11. The third kappa shape index (κ3) is 5.39. The fourth-order valence-corrected chi connectivity index (χ4v) is 4.20. The van der Waals surface area contributed by atoms with E-state index in [2.05, 4.69) is 10.3 Å². The van der Waals surface area contributed by atoms with Crippen molar-refractivity contribution in [3.63, 3.8) is 0 Å². The SMILES string of the molecule is O=C(NC1CC(F)(F)C1)C(c1ccccc1Cl)N(C(=O)Cc1ccncc1)c1cccc(F)c1. The summed E-state index contributed by atoms with van der Waals surface area (Å²) in [7, 11) is 0. The molecule has 34 heavy (non-hydrogen) atoms. The molecule has 9 heteroatoms. The summed E-state index contributed by atoms with van der Waals surface area (Å²) in [5.41, 5.74) is 1.07. The Labute approximate surface area is 199 Å². The third-order valence-corrected chi connectivity index (χ3v) is 5.95. The zero-order valence-electron chi connectivity index (χ0n) is 17.9. The number of carbonyl (C=O) groups is 2. The minimum Gasteiger partial charge on any atom is -0.351 e. The standard InChI is InChI=1S/C25H21ClF3N3O2/c26-21-7-2-1-6-20(21)23(24(34)31-18-14-25(28,29)15-18)32(19-5-3-4-17(27)13-19)22(33)12-16-8-10-30-11-9-16/h1-11,13,18,23H,12,14-15H2,(H,31,34). The highest BCUT2D eigenvalue weighted by Gasteiger charge is 2.47. The lowest BCUT2D eigenvalue weighted by molar-refractivity contribution is -0.132. The second-order valence-corrected chi connectivity index (χ2v) is 8.58. The molecule has 4 rings (SSSR count). The zero-order chi connectivity index (χ0) is 24.3. The Morgan fingerprint density at radius 3 is 2.44 bits per heavy atom. The maximum atomic E-state index is 14.2. The fraction of sp³-hybridized carbons (Fsp3) is 0.240. The van der Waals surface area contributed by atoms with Crippen LogP contribution in [0, 0.1) is 5.82 Å². The first-order valence-electron chi connectivity index (χ1n) is 10.6. The summed E-state index contributed by atoms with van der Waals surface area (Å²) in [6.45, 7) is 0. The van der Waals surface area contributed by atoms with Crippen molar-refractivity contribution in [1.29, 1.82) is 0 Å². The van der Waals surface area contributed by atoms with Gasteiger partial charge in [0.25, 0.3) is 5.92 Å². The number of hydrogen-bond acceptors (Lipinski definition) is 3. The number of alkyl halides is 2. The minimum absolute atomic E-state index is 0.102. The molecular formula is C25H21ClF3N3O2. The molecule has 0 aliphatic heterocycles. The number of aromatic nitrogens is 1. The molecule has 5 nitrogen and oxygen atoms in total. The van der Waals surface area contributed by atoms with E-state index in [0.717, 1.165) is 11.0 Å². The monoisotopic (exact) mass is 487 g/mol. The Kier molecular flexibility index (Phi) is 6.88. The van der Waals surface area contributed by atoms with Crippen molar-refractivity contribution >= 4 is 29.1 Å². The van der Waals surface area contributed by atoms with Gasteiger partial charge in [0.1, 0.15) is 11.9 Å². The molecule has 1 fully saturated rings. The van der Waals surface area contributed by atoms with E-state index >= 15 is 0 Å². The Balaban J connectivity index is 1.76. The van der Waals surface area contributed by atoms with Crippen LogP contribution in [0.15, 0.2) is 73.1 Å². The molecule has 1 atom stereocenters. The Morgan fingerprint density at radius 1 is 1.09 bits per heavy atom. The molecule has 0 bridgehead atoms. The molecular weight excluding hydrogens is 467 g/mol. The molecule has 1 heterocycles. The maximum Gasteiger partial charge on any atom is 0.252 e. The molecule has 1 aromatic heterocycles. The van der Waals surface area contributed by atoms with Gasteiger partial charge in [-0.15, -0.1) is 0 Å². The molecule has 1 N–H and O–H groups in total. The molecule has 1 saturated carbocycles. The number of benzene rings is 2. The first-order chi connectivity index (χ1) is 16.2. The zero-order valence-corrected chi connectivity index (χ0v) is 18.7. The van der Waals surface area contributed by atoms with Crippen molar-refractivity contribution in [3.05, 3.63) is 95.0 Å². The summed E-state index contributed by atoms with van der Waals surface area (Å²) in [6.07, 6.45) is 1.99. The van der Waals surface area contributed by atoms with Gasteiger partial charge in [0.2, 0.25) is 11.8 Å². The fourth-order valence-electron chi connectivity index (χ4n) is 3.96. The average Bonchev–Trinajstić information content (AvgIpc) is 2.77. The second kappa shape index (κ2) is 9.85. The summed E-state index contributed by atoms with van der Waals surface area (Å²) < 4.78 is 40.9. The van der Waals surface area contributed by atoms with E-state index in [9.17, 15) is 22.8 Å². The minimum atomic E-state index is -2.84. The van der Waals surface area contributed by atoms with E-state index in [-0.39, 0.29) is 17.1 Å². The number of halogens is 4. The number of pyridine rings is 1. The van der Waals surface area contributed by atoms with E-state index in [1.54, 1.807) is 36.4 Å². The first-order valence-corrected chi connectivity index (χ1v) is 11.0. The molecule has 1 unspecified atom stereocenters. The second-order valence-electron chi connectivity index (χ2n) is 8.17. The number of carbonyl (C=O) groups excluding carboxylic acids is 2. The van der Waals surface area contributed by atoms with Gasteiger partial charge in [0, 0.05) is 47.6 Å². The van der Waals surface area contributed by atoms with Crippen LogP contribution in [0.2, 0.25) is 5.02 Å². The van der Waals surface area contributed by atoms with Crippen LogP contribution in [0.5, 0.6) is 0 Å². The van der Waals surface area contributed by atoms with Crippen LogP contribution in [-0.4, -0.2) is 28.8 Å². The van der Waals surface area contributed by atoms with Gasteiger partial charge in [-0.05, 0) is 42.0 Å². The van der Waals surface area contributed by atoms with E-state index in [0.29, 0.717) is 11.1 Å². The summed E-state index contributed by atoms with van der Waals surface area (Å²) in [5.74, 6) is -4.62. The van der Waals surface area contributed by atoms with Crippen molar-refractivity contribution in [1.82, 2.24) is 10.3 Å².